The molecule has 1 aliphatic heterocycles. The molecular formula is C22H23N2O4. The quantitative estimate of drug-likeness (QED) is 0.802. The van der Waals surface area contributed by atoms with Crippen LogP contribution in [0.25, 0.3) is 0 Å². The van der Waals surface area contributed by atoms with Gasteiger partial charge in [-0.1, -0.05) is 60.7 Å². The van der Waals surface area contributed by atoms with Crippen LogP contribution in [-0.4, -0.2) is 41.8 Å². The molecule has 6 nitrogen and oxygen atoms in total. The predicted octanol–water partition coefficient (Wildman–Crippen LogP) is 2.62. The number of hydrogen-bond acceptors (Lipinski definition) is 4. The average Bonchev–Trinajstić information content (AvgIpc) is 3.23. The molecule has 1 saturated heterocycles. The fourth-order valence-corrected chi connectivity index (χ4v) is 3.30. The number of carbonyl (C=O) groups is 2. The molecule has 0 spiro atoms. The highest BCUT2D eigenvalue weighted by molar-refractivity contribution is 5.88. The molecular weight excluding hydrogens is 356 g/mol. The first-order chi connectivity index (χ1) is 13.7. The summed E-state index contributed by atoms with van der Waals surface area (Å²) in [7, 11) is 0. The zero-order chi connectivity index (χ0) is 19.8. The number of hydrogen-bond donors (Lipinski definition) is 1. The third-order valence-electron chi connectivity index (χ3n) is 4.74. The Labute approximate surface area is 164 Å². The van der Waals surface area contributed by atoms with E-state index in [0.29, 0.717) is 25.8 Å². The molecule has 0 saturated carbocycles. The SMILES string of the molecule is O=[C][C@H](Cc1ccccc1)NC(=O)[C@@H]1CCCN1C(=O)OCc1ccccc1. The van der Waals surface area contributed by atoms with Crippen LogP contribution in [0.1, 0.15) is 24.0 Å². The standard InChI is InChI=1S/C22H23N2O4/c25-15-19(14-17-8-3-1-4-9-17)23-21(26)20-12-7-13-24(20)22(27)28-16-18-10-5-2-6-11-18/h1-6,8-11,19-20H,7,12-14,16H2,(H,23,26)/t19-,20-/m0/s1. The fraction of sp³-hybridized carbons (Fsp3) is 0.318. The van der Waals surface area contributed by atoms with Gasteiger partial charge in [0.25, 0.3) is 0 Å². The van der Waals surface area contributed by atoms with Crippen LogP contribution in [-0.2, 0) is 27.4 Å². The van der Waals surface area contributed by atoms with Crippen LogP contribution in [0.5, 0.6) is 0 Å². The molecule has 2 aromatic carbocycles. The van der Waals surface area contributed by atoms with Gasteiger partial charge in [0.05, 0.1) is 6.04 Å². The van der Waals surface area contributed by atoms with Crippen molar-refractivity contribution in [3.05, 3.63) is 71.8 Å². The number of likely N-dealkylation sites (tertiary alicyclic amines) is 1. The summed E-state index contributed by atoms with van der Waals surface area (Å²) < 4.78 is 5.35. The molecule has 3 rings (SSSR count). The minimum Gasteiger partial charge on any atom is -0.445 e. The molecule has 145 valence electrons. The summed E-state index contributed by atoms with van der Waals surface area (Å²) in [4.78, 5) is 37.8. The van der Waals surface area contributed by atoms with E-state index in [1.807, 2.05) is 66.9 Å². The van der Waals surface area contributed by atoms with Crippen LogP contribution in [0, 0.1) is 0 Å². The Bertz CT molecular complexity index is 795. The van der Waals surface area contributed by atoms with E-state index in [1.165, 1.54) is 4.90 Å². The van der Waals surface area contributed by atoms with Crippen molar-refractivity contribution < 1.29 is 19.1 Å². The molecule has 2 atom stereocenters. The van der Waals surface area contributed by atoms with Gasteiger partial charge in [-0.25, -0.2) is 4.79 Å². The van der Waals surface area contributed by atoms with Crippen LogP contribution >= 0.6 is 0 Å². The lowest BCUT2D eigenvalue weighted by molar-refractivity contribution is -0.125. The summed E-state index contributed by atoms with van der Waals surface area (Å²) in [6, 6.07) is 17.4. The second-order valence-electron chi connectivity index (χ2n) is 6.76. The van der Waals surface area contributed by atoms with Crippen LogP contribution in [0.15, 0.2) is 60.7 Å². The number of benzene rings is 2. The monoisotopic (exact) mass is 379 g/mol. The number of nitrogens with one attached hydrogen (secondary N) is 1. The van der Waals surface area contributed by atoms with Gasteiger partial charge >= 0.3 is 6.09 Å². The lowest BCUT2D eigenvalue weighted by Crippen LogP contribution is -2.49. The van der Waals surface area contributed by atoms with Gasteiger partial charge in [0.2, 0.25) is 12.2 Å². The van der Waals surface area contributed by atoms with Crippen molar-refractivity contribution in [3.63, 3.8) is 0 Å². The minimum absolute atomic E-state index is 0.156. The van der Waals surface area contributed by atoms with E-state index >= 15 is 0 Å². The summed E-state index contributed by atoms with van der Waals surface area (Å²) in [5, 5.41) is 2.70. The number of nitrogens with zero attached hydrogens (tertiary/aromatic N) is 1. The highest BCUT2D eigenvalue weighted by atomic mass is 16.6. The number of rotatable bonds is 7. The van der Waals surface area contributed by atoms with Crippen molar-refractivity contribution in [2.75, 3.05) is 6.54 Å². The highest BCUT2D eigenvalue weighted by Gasteiger charge is 2.36. The maximum absolute atomic E-state index is 12.7. The van der Waals surface area contributed by atoms with Gasteiger partial charge in [-0.05, 0) is 24.0 Å². The Morgan fingerprint density at radius 1 is 1.07 bits per heavy atom. The van der Waals surface area contributed by atoms with Crippen molar-refractivity contribution in [1.82, 2.24) is 10.2 Å². The Morgan fingerprint density at radius 3 is 2.36 bits per heavy atom. The van der Waals surface area contributed by atoms with Crippen molar-refractivity contribution in [3.8, 4) is 0 Å². The topological polar surface area (TPSA) is 75.7 Å². The molecule has 6 heteroatoms. The van der Waals surface area contributed by atoms with E-state index in [1.54, 1.807) is 0 Å². The Balaban J connectivity index is 1.55. The van der Waals surface area contributed by atoms with E-state index < -0.39 is 18.2 Å². The van der Waals surface area contributed by atoms with Crippen molar-refractivity contribution in [1.29, 1.82) is 0 Å². The van der Waals surface area contributed by atoms with Gasteiger partial charge in [0.15, 0.2) is 0 Å². The molecule has 1 fully saturated rings. The normalized spacial score (nSPS) is 17.0. The molecule has 1 N–H and O–H groups in total. The first-order valence-electron chi connectivity index (χ1n) is 9.36. The lowest BCUT2D eigenvalue weighted by atomic mass is 10.1. The smallest absolute Gasteiger partial charge is 0.410 e. The zero-order valence-electron chi connectivity index (χ0n) is 15.5. The highest BCUT2D eigenvalue weighted by Crippen LogP contribution is 2.19. The third kappa shape index (κ3) is 5.19. The molecule has 1 heterocycles. The van der Waals surface area contributed by atoms with Gasteiger partial charge in [-0.15, -0.1) is 0 Å². The Hall–Kier alpha value is -3.15. The third-order valence-corrected chi connectivity index (χ3v) is 4.74. The first kappa shape index (κ1) is 19.6. The summed E-state index contributed by atoms with van der Waals surface area (Å²) in [6.45, 7) is 0.614. The minimum atomic E-state index is -0.752. The zero-order valence-corrected chi connectivity index (χ0v) is 15.5. The summed E-state index contributed by atoms with van der Waals surface area (Å²) in [5.41, 5.74) is 1.82. The van der Waals surface area contributed by atoms with E-state index in [4.69, 9.17) is 4.74 Å². The lowest BCUT2D eigenvalue weighted by Gasteiger charge is -2.24. The molecule has 0 bridgehead atoms. The van der Waals surface area contributed by atoms with Crippen molar-refractivity contribution in [2.45, 2.75) is 38.0 Å². The predicted molar refractivity (Wildman–Crippen MR) is 104 cm³/mol. The van der Waals surface area contributed by atoms with E-state index in [9.17, 15) is 14.4 Å². The van der Waals surface area contributed by atoms with Crippen molar-refractivity contribution in [2.24, 2.45) is 0 Å². The second kappa shape index (κ2) is 9.69. The molecule has 1 aliphatic rings. The number of amides is 2. The molecule has 0 aromatic heterocycles. The van der Waals surface area contributed by atoms with Crippen LogP contribution < -0.4 is 5.32 Å². The molecule has 28 heavy (non-hydrogen) atoms. The van der Waals surface area contributed by atoms with E-state index in [-0.39, 0.29) is 12.5 Å². The molecule has 0 unspecified atom stereocenters. The van der Waals surface area contributed by atoms with E-state index in [2.05, 4.69) is 5.32 Å². The van der Waals surface area contributed by atoms with Gasteiger partial charge < -0.3 is 10.1 Å². The Kier molecular flexibility index (Phi) is 6.78. The summed E-state index contributed by atoms with van der Waals surface area (Å²) in [5.74, 6) is -0.349. The summed E-state index contributed by atoms with van der Waals surface area (Å²) in [6.07, 6.45) is 2.98. The maximum Gasteiger partial charge on any atom is 0.410 e. The molecule has 2 aromatic rings. The molecule has 1 radical (unpaired) electrons. The second-order valence-corrected chi connectivity index (χ2v) is 6.76. The van der Waals surface area contributed by atoms with E-state index in [0.717, 1.165) is 11.1 Å². The van der Waals surface area contributed by atoms with Crippen LogP contribution in [0.3, 0.4) is 0 Å². The number of carbonyl (C=O) groups excluding carboxylic acids is 3. The largest absolute Gasteiger partial charge is 0.445 e. The van der Waals surface area contributed by atoms with Gasteiger partial charge in [0.1, 0.15) is 12.6 Å². The average molecular weight is 379 g/mol. The van der Waals surface area contributed by atoms with Gasteiger partial charge in [0, 0.05) is 13.0 Å². The first-order valence-corrected chi connectivity index (χ1v) is 9.36. The molecule has 0 aliphatic carbocycles. The maximum atomic E-state index is 12.7. The fourth-order valence-electron chi connectivity index (χ4n) is 3.30. The van der Waals surface area contributed by atoms with Crippen LogP contribution in [0.4, 0.5) is 4.79 Å². The van der Waals surface area contributed by atoms with Crippen LogP contribution in [0.2, 0.25) is 0 Å². The molecule has 2 amide bonds. The summed E-state index contributed by atoms with van der Waals surface area (Å²) >= 11 is 0. The number of ether oxygens (including phenoxy) is 1. The van der Waals surface area contributed by atoms with Gasteiger partial charge in [-0.3, -0.25) is 14.5 Å². The van der Waals surface area contributed by atoms with Crippen molar-refractivity contribution >= 4 is 18.3 Å². The Morgan fingerprint density at radius 2 is 1.71 bits per heavy atom. The van der Waals surface area contributed by atoms with Gasteiger partial charge in [-0.2, -0.15) is 0 Å².